The molecule has 0 saturated heterocycles. The molecule has 0 bridgehead atoms. The first-order valence-corrected chi connectivity index (χ1v) is 7.75. The van der Waals surface area contributed by atoms with Crippen LogP contribution in [0.5, 0.6) is 11.5 Å². The maximum atomic E-state index is 6.10. The first-order chi connectivity index (χ1) is 10.1. The third-order valence-corrected chi connectivity index (χ3v) is 4.24. The number of nitrogens with two attached hydrogens (primary N) is 1. The molecular formula is C18H19NOS. The molecule has 1 aliphatic carbocycles. The highest BCUT2D eigenvalue weighted by molar-refractivity contribution is 7.80. The van der Waals surface area contributed by atoms with E-state index >= 15 is 0 Å². The molecule has 2 nitrogen and oxygen atoms in total. The number of hydrogen-bond acceptors (Lipinski definition) is 2. The zero-order valence-electron chi connectivity index (χ0n) is 12.2. The van der Waals surface area contributed by atoms with Crippen LogP contribution in [0.1, 0.15) is 35.1 Å². The normalized spacial score (nSPS) is 13.6. The van der Waals surface area contributed by atoms with Crippen molar-refractivity contribution in [2.24, 2.45) is 5.73 Å². The highest BCUT2D eigenvalue weighted by atomic mass is 32.1. The van der Waals surface area contributed by atoms with E-state index in [1.165, 1.54) is 30.4 Å². The Morgan fingerprint density at radius 1 is 1.10 bits per heavy atom. The van der Waals surface area contributed by atoms with Crippen LogP contribution in [0.15, 0.2) is 36.4 Å². The van der Waals surface area contributed by atoms with Crippen LogP contribution in [0.25, 0.3) is 0 Å². The van der Waals surface area contributed by atoms with E-state index in [0.29, 0.717) is 4.99 Å². The average Bonchev–Trinajstić information content (AvgIpc) is 2.49. The van der Waals surface area contributed by atoms with E-state index < -0.39 is 0 Å². The Morgan fingerprint density at radius 3 is 2.62 bits per heavy atom. The summed E-state index contributed by atoms with van der Waals surface area (Å²) in [6, 6.07) is 12.2. The van der Waals surface area contributed by atoms with E-state index in [2.05, 4.69) is 12.1 Å². The predicted octanol–water partition coefficient (Wildman–Crippen LogP) is 4.30. The number of para-hydroxylation sites is 1. The van der Waals surface area contributed by atoms with E-state index in [1.54, 1.807) is 0 Å². The van der Waals surface area contributed by atoms with Crippen molar-refractivity contribution in [3.8, 4) is 11.5 Å². The van der Waals surface area contributed by atoms with Gasteiger partial charge in [0.1, 0.15) is 16.5 Å². The SMILES string of the molecule is Cc1cccc(C(N)=S)c1Oc1ccc2c(c1)CCCC2. The topological polar surface area (TPSA) is 35.2 Å². The number of fused-ring (bicyclic) bond motifs is 1. The van der Waals surface area contributed by atoms with Crippen LogP contribution in [0.4, 0.5) is 0 Å². The van der Waals surface area contributed by atoms with E-state index in [-0.39, 0.29) is 0 Å². The summed E-state index contributed by atoms with van der Waals surface area (Å²) in [7, 11) is 0. The Balaban J connectivity index is 1.95. The van der Waals surface area contributed by atoms with Crippen molar-refractivity contribution in [1.82, 2.24) is 0 Å². The fourth-order valence-electron chi connectivity index (χ4n) is 2.87. The summed E-state index contributed by atoms with van der Waals surface area (Å²) < 4.78 is 6.10. The number of ether oxygens (including phenoxy) is 1. The van der Waals surface area contributed by atoms with Crippen molar-refractivity contribution in [2.45, 2.75) is 32.6 Å². The van der Waals surface area contributed by atoms with Gasteiger partial charge >= 0.3 is 0 Å². The zero-order chi connectivity index (χ0) is 14.8. The fourth-order valence-corrected chi connectivity index (χ4v) is 3.03. The average molecular weight is 297 g/mol. The van der Waals surface area contributed by atoms with Crippen LogP contribution in [0, 0.1) is 6.92 Å². The molecule has 0 aromatic heterocycles. The van der Waals surface area contributed by atoms with Crippen LogP contribution >= 0.6 is 12.2 Å². The van der Waals surface area contributed by atoms with Crippen molar-refractivity contribution in [3.05, 3.63) is 58.7 Å². The second kappa shape index (κ2) is 5.86. The van der Waals surface area contributed by atoms with Gasteiger partial charge in [0.2, 0.25) is 0 Å². The second-order valence-corrected chi connectivity index (χ2v) is 6.00. The lowest BCUT2D eigenvalue weighted by atomic mass is 9.92. The molecule has 1 aliphatic rings. The van der Waals surface area contributed by atoms with Gasteiger partial charge in [-0.05, 0) is 67.5 Å². The Hall–Kier alpha value is -1.87. The molecule has 2 N–H and O–H groups in total. The Bertz CT molecular complexity index is 694. The van der Waals surface area contributed by atoms with Gasteiger partial charge in [0.15, 0.2) is 0 Å². The van der Waals surface area contributed by atoms with E-state index in [9.17, 15) is 0 Å². The highest BCUT2D eigenvalue weighted by Crippen LogP contribution is 2.32. The summed E-state index contributed by atoms with van der Waals surface area (Å²) in [5, 5.41) is 0. The van der Waals surface area contributed by atoms with Gasteiger partial charge in [-0.1, -0.05) is 30.4 Å². The molecule has 2 aromatic carbocycles. The molecule has 0 spiro atoms. The molecule has 3 heteroatoms. The quantitative estimate of drug-likeness (QED) is 0.858. The van der Waals surface area contributed by atoms with Gasteiger partial charge in [0.05, 0.1) is 5.56 Å². The van der Waals surface area contributed by atoms with Gasteiger partial charge in [-0.2, -0.15) is 0 Å². The van der Waals surface area contributed by atoms with Crippen LogP contribution < -0.4 is 10.5 Å². The Morgan fingerprint density at radius 2 is 1.86 bits per heavy atom. The van der Waals surface area contributed by atoms with Gasteiger partial charge in [-0.15, -0.1) is 0 Å². The molecule has 108 valence electrons. The number of rotatable bonds is 3. The smallest absolute Gasteiger partial charge is 0.140 e. The molecule has 3 rings (SSSR count). The molecule has 0 amide bonds. The van der Waals surface area contributed by atoms with E-state index in [4.69, 9.17) is 22.7 Å². The van der Waals surface area contributed by atoms with E-state index in [0.717, 1.165) is 29.0 Å². The van der Waals surface area contributed by atoms with Crippen LogP contribution in [-0.2, 0) is 12.8 Å². The zero-order valence-corrected chi connectivity index (χ0v) is 13.0. The molecular weight excluding hydrogens is 278 g/mol. The van der Waals surface area contributed by atoms with Gasteiger partial charge in [-0.25, -0.2) is 0 Å². The van der Waals surface area contributed by atoms with Crippen LogP contribution in [-0.4, -0.2) is 4.99 Å². The van der Waals surface area contributed by atoms with Gasteiger partial charge in [0, 0.05) is 0 Å². The molecule has 0 heterocycles. The maximum Gasteiger partial charge on any atom is 0.140 e. The largest absolute Gasteiger partial charge is 0.456 e. The Labute approximate surface area is 130 Å². The van der Waals surface area contributed by atoms with Crippen LogP contribution in [0.2, 0.25) is 0 Å². The molecule has 0 fully saturated rings. The first kappa shape index (κ1) is 14.1. The molecule has 0 saturated carbocycles. The van der Waals surface area contributed by atoms with Crippen LogP contribution in [0.3, 0.4) is 0 Å². The lowest BCUT2D eigenvalue weighted by Gasteiger charge is -2.18. The number of benzene rings is 2. The monoisotopic (exact) mass is 297 g/mol. The van der Waals surface area contributed by atoms with E-state index in [1.807, 2.05) is 31.2 Å². The van der Waals surface area contributed by atoms with Crippen molar-refractivity contribution < 1.29 is 4.74 Å². The molecule has 0 aliphatic heterocycles. The van der Waals surface area contributed by atoms with Gasteiger partial charge in [-0.3, -0.25) is 0 Å². The van der Waals surface area contributed by atoms with Crippen molar-refractivity contribution in [2.75, 3.05) is 0 Å². The van der Waals surface area contributed by atoms with Gasteiger partial charge in [0.25, 0.3) is 0 Å². The third kappa shape index (κ3) is 2.93. The van der Waals surface area contributed by atoms with Crippen molar-refractivity contribution in [3.63, 3.8) is 0 Å². The predicted molar refractivity (Wildman–Crippen MR) is 90.2 cm³/mol. The summed E-state index contributed by atoms with van der Waals surface area (Å²) in [5.41, 5.74) is 10.5. The number of aryl methyl sites for hydroxylation is 3. The summed E-state index contributed by atoms with van der Waals surface area (Å²) in [6.07, 6.45) is 4.87. The lowest BCUT2D eigenvalue weighted by molar-refractivity contribution is 0.476. The van der Waals surface area contributed by atoms with Crippen molar-refractivity contribution in [1.29, 1.82) is 0 Å². The maximum absolute atomic E-state index is 6.10. The fraction of sp³-hybridized carbons (Fsp3) is 0.278. The lowest BCUT2D eigenvalue weighted by Crippen LogP contribution is -2.11. The standard InChI is InChI=1S/C18H19NOS/c1-12-5-4-8-16(18(19)21)17(12)20-15-10-9-13-6-2-3-7-14(13)11-15/h4-5,8-11H,2-3,6-7H2,1H3,(H2,19,21). The minimum Gasteiger partial charge on any atom is -0.456 e. The van der Waals surface area contributed by atoms with Gasteiger partial charge < -0.3 is 10.5 Å². The summed E-state index contributed by atoms with van der Waals surface area (Å²) >= 11 is 5.12. The minimum absolute atomic E-state index is 0.367. The summed E-state index contributed by atoms with van der Waals surface area (Å²) in [6.45, 7) is 2.01. The minimum atomic E-state index is 0.367. The Kier molecular flexibility index (Phi) is 3.93. The summed E-state index contributed by atoms with van der Waals surface area (Å²) in [5.74, 6) is 1.63. The summed E-state index contributed by atoms with van der Waals surface area (Å²) in [4.78, 5) is 0.367. The first-order valence-electron chi connectivity index (χ1n) is 7.34. The number of thiocarbonyl (C=S) groups is 1. The van der Waals surface area contributed by atoms with Crippen molar-refractivity contribution >= 4 is 17.2 Å². The molecule has 0 unspecified atom stereocenters. The number of hydrogen-bond donors (Lipinski definition) is 1. The second-order valence-electron chi connectivity index (χ2n) is 5.56. The highest BCUT2D eigenvalue weighted by Gasteiger charge is 2.13. The third-order valence-electron chi connectivity index (χ3n) is 4.02. The molecule has 0 atom stereocenters. The molecule has 21 heavy (non-hydrogen) atoms. The molecule has 0 radical (unpaired) electrons. The molecule has 2 aromatic rings.